The molecule has 0 bridgehead atoms. The van der Waals surface area contributed by atoms with Gasteiger partial charge >= 0.3 is 18.1 Å². The first kappa shape index (κ1) is 14.7. The van der Waals surface area contributed by atoms with Crippen molar-refractivity contribution in [1.82, 2.24) is 5.32 Å². The maximum absolute atomic E-state index is 12.0. The van der Waals surface area contributed by atoms with E-state index in [0.29, 0.717) is 26.1 Å². The smallest absolute Gasteiger partial charge is 0.471 e. The SMILES string of the molecule is O=C(O)C(CNC(=O)C(F)(F)F)C1CCOCC1. The van der Waals surface area contributed by atoms with E-state index in [-0.39, 0.29) is 5.92 Å². The maximum Gasteiger partial charge on any atom is 0.471 e. The summed E-state index contributed by atoms with van der Waals surface area (Å²) in [5.41, 5.74) is 0. The minimum absolute atomic E-state index is 0.273. The first-order valence-electron chi connectivity index (χ1n) is 5.48. The van der Waals surface area contributed by atoms with Gasteiger partial charge in [0.05, 0.1) is 5.92 Å². The van der Waals surface area contributed by atoms with E-state index in [1.54, 1.807) is 5.32 Å². The highest BCUT2D eigenvalue weighted by molar-refractivity contribution is 5.82. The minimum Gasteiger partial charge on any atom is -0.481 e. The van der Waals surface area contributed by atoms with Gasteiger partial charge in [0.1, 0.15) is 0 Å². The zero-order valence-electron chi connectivity index (χ0n) is 9.50. The van der Waals surface area contributed by atoms with Crippen LogP contribution < -0.4 is 5.32 Å². The van der Waals surface area contributed by atoms with Crippen LogP contribution in [0, 0.1) is 11.8 Å². The Kier molecular flexibility index (Phi) is 4.94. The number of rotatable bonds is 4. The zero-order chi connectivity index (χ0) is 13.8. The number of hydrogen-bond donors (Lipinski definition) is 2. The standard InChI is InChI=1S/C10H14F3NO4/c11-10(12,13)9(17)14-5-7(8(15)16)6-1-3-18-4-2-6/h6-7H,1-5H2,(H,14,17)(H,15,16). The quantitative estimate of drug-likeness (QED) is 0.791. The molecule has 1 aliphatic heterocycles. The summed E-state index contributed by atoms with van der Waals surface area (Å²) >= 11 is 0. The van der Waals surface area contributed by atoms with Crippen molar-refractivity contribution in [2.45, 2.75) is 19.0 Å². The molecule has 18 heavy (non-hydrogen) atoms. The fraction of sp³-hybridized carbons (Fsp3) is 0.800. The lowest BCUT2D eigenvalue weighted by molar-refractivity contribution is -0.174. The summed E-state index contributed by atoms with van der Waals surface area (Å²) in [6.07, 6.45) is -4.05. The number of hydrogen-bond acceptors (Lipinski definition) is 3. The Bertz CT molecular complexity index is 313. The van der Waals surface area contributed by atoms with E-state index in [2.05, 4.69) is 0 Å². The number of carbonyl (C=O) groups excluding carboxylic acids is 1. The molecule has 1 heterocycles. The lowest BCUT2D eigenvalue weighted by Gasteiger charge is -2.27. The third-order valence-corrected chi connectivity index (χ3v) is 2.89. The molecule has 1 aliphatic rings. The van der Waals surface area contributed by atoms with Crippen LogP contribution in [-0.2, 0) is 14.3 Å². The third kappa shape index (κ3) is 4.17. The molecule has 0 aromatic heterocycles. The monoisotopic (exact) mass is 269 g/mol. The van der Waals surface area contributed by atoms with Gasteiger partial charge in [0, 0.05) is 19.8 Å². The van der Waals surface area contributed by atoms with E-state index in [1.165, 1.54) is 0 Å². The Hall–Kier alpha value is -1.31. The Labute approximate surface area is 101 Å². The number of aliphatic carboxylic acids is 1. The number of alkyl halides is 3. The molecule has 5 nitrogen and oxygen atoms in total. The Balaban J connectivity index is 2.53. The molecule has 0 radical (unpaired) electrons. The Morgan fingerprint density at radius 2 is 1.89 bits per heavy atom. The van der Waals surface area contributed by atoms with E-state index in [4.69, 9.17) is 9.84 Å². The highest BCUT2D eigenvalue weighted by Crippen LogP contribution is 2.24. The van der Waals surface area contributed by atoms with E-state index in [1.807, 2.05) is 0 Å². The number of carbonyl (C=O) groups is 2. The van der Waals surface area contributed by atoms with E-state index < -0.39 is 30.5 Å². The summed E-state index contributed by atoms with van der Waals surface area (Å²) in [4.78, 5) is 21.6. The third-order valence-electron chi connectivity index (χ3n) is 2.89. The van der Waals surface area contributed by atoms with Crippen molar-refractivity contribution in [3.63, 3.8) is 0 Å². The summed E-state index contributed by atoms with van der Waals surface area (Å²) in [5.74, 6) is -4.60. The van der Waals surface area contributed by atoms with Gasteiger partial charge < -0.3 is 15.2 Å². The molecule has 2 N–H and O–H groups in total. The topological polar surface area (TPSA) is 75.6 Å². The lowest BCUT2D eigenvalue weighted by atomic mass is 9.86. The van der Waals surface area contributed by atoms with Gasteiger partial charge in [0.15, 0.2) is 0 Å². The first-order valence-corrected chi connectivity index (χ1v) is 5.48. The summed E-state index contributed by atoms with van der Waals surface area (Å²) < 4.78 is 40.9. The molecule has 0 aromatic rings. The second-order valence-electron chi connectivity index (χ2n) is 4.10. The van der Waals surface area contributed by atoms with Crippen LogP contribution in [0.3, 0.4) is 0 Å². The van der Waals surface area contributed by atoms with Crippen LogP contribution in [0.25, 0.3) is 0 Å². The van der Waals surface area contributed by atoms with E-state index in [0.717, 1.165) is 0 Å². The van der Waals surface area contributed by atoms with Gasteiger partial charge in [-0.25, -0.2) is 0 Å². The van der Waals surface area contributed by atoms with Crippen LogP contribution in [0.15, 0.2) is 0 Å². The largest absolute Gasteiger partial charge is 0.481 e. The van der Waals surface area contributed by atoms with Gasteiger partial charge in [-0.05, 0) is 18.8 Å². The van der Waals surface area contributed by atoms with Gasteiger partial charge in [0.25, 0.3) is 0 Å². The van der Waals surface area contributed by atoms with Crippen molar-refractivity contribution in [2.75, 3.05) is 19.8 Å². The van der Waals surface area contributed by atoms with Crippen LogP contribution in [0.4, 0.5) is 13.2 Å². The van der Waals surface area contributed by atoms with Gasteiger partial charge in [-0.15, -0.1) is 0 Å². The molecule has 1 saturated heterocycles. The fourth-order valence-corrected chi connectivity index (χ4v) is 1.88. The summed E-state index contributed by atoms with van der Waals surface area (Å²) in [6, 6.07) is 0. The predicted molar refractivity (Wildman–Crippen MR) is 53.7 cm³/mol. The summed E-state index contributed by atoms with van der Waals surface area (Å²) in [7, 11) is 0. The van der Waals surface area contributed by atoms with Crippen LogP contribution in [0.5, 0.6) is 0 Å². The molecule has 0 aromatic carbocycles. The first-order chi connectivity index (χ1) is 8.32. The molecular weight excluding hydrogens is 255 g/mol. The Morgan fingerprint density at radius 3 is 2.33 bits per heavy atom. The molecule has 1 unspecified atom stereocenters. The van der Waals surface area contributed by atoms with Crippen molar-refractivity contribution in [2.24, 2.45) is 11.8 Å². The molecule has 104 valence electrons. The molecule has 0 saturated carbocycles. The van der Waals surface area contributed by atoms with Crippen molar-refractivity contribution in [1.29, 1.82) is 0 Å². The highest BCUT2D eigenvalue weighted by atomic mass is 19.4. The van der Waals surface area contributed by atoms with Gasteiger partial charge in [-0.3, -0.25) is 9.59 Å². The van der Waals surface area contributed by atoms with Crippen molar-refractivity contribution in [3.8, 4) is 0 Å². The Morgan fingerprint density at radius 1 is 1.33 bits per heavy atom. The second-order valence-corrected chi connectivity index (χ2v) is 4.10. The molecule has 1 amide bonds. The molecule has 1 atom stereocenters. The number of carboxylic acid groups (broad SMARTS) is 1. The van der Waals surface area contributed by atoms with Gasteiger partial charge in [-0.2, -0.15) is 13.2 Å². The summed E-state index contributed by atoms with van der Waals surface area (Å²) in [6.45, 7) is 0.266. The number of carboxylic acids is 1. The normalized spacial score (nSPS) is 19.3. The second kappa shape index (κ2) is 6.03. The van der Waals surface area contributed by atoms with Crippen LogP contribution in [0.2, 0.25) is 0 Å². The number of halogens is 3. The average molecular weight is 269 g/mol. The van der Waals surface area contributed by atoms with Crippen molar-refractivity contribution in [3.05, 3.63) is 0 Å². The maximum atomic E-state index is 12.0. The molecule has 0 aliphatic carbocycles. The van der Waals surface area contributed by atoms with Crippen LogP contribution in [-0.4, -0.2) is 42.9 Å². The van der Waals surface area contributed by atoms with Crippen LogP contribution in [0.1, 0.15) is 12.8 Å². The minimum atomic E-state index is -4.99. The molecule has 0 spiro atoms. The van der Waals surface area contributed by atoms with Gasteiger partial charge in [0.2, 0.25) is 0 Å². The number of amides is 1. The average Bonchev–Trinajstić information content (AvgIpc) is 2.28. The van der Waals surface area contributed by atoms with E-state index in [9.17, 15) is 22.8 Å². The molecular formula is C10H14F3NO4. The molecule has 8 heteroatoms. The number of nitrogens with one attached hydrogen (secondary N) is 1. The highest BCUT2D eigenvalue weighted by Gasteiger charge is 2.40. The van der Waals surface area contributed by atoms with Crippen LogP contribution >= 0.6 is 0 Å². The van der Waals surface area contributed by atoms with Crippen molar-refractivity contribution >= 4 is 11.9 Å². The van der Waals surface area contributed by atoms with E-state index >= 15 is 0 Å². The fourth-order valence-electron chi connectivity index (χ4n) is 1.88. The van der Waals surface area contributed by atoms with Gasteiger partial charge in [-0.1, -0.05) is 0 Å². The predicted octanol–water partition coefficient (Wildman–Crippen LogP) is 0.792. The number of ether oxygens (including phenoxy) is 1. The summed E-state index contributed by atoms with van der Waals surface area (Å²) in [5, 5.41) is 10.6. The molecule has 1 fully saturated rings. The lowest BCUT2D eigenvalue weighted by Crippen LogP contribution is -2.43. The zero-order valence-corrected chi connectivity index (χ0v) is 9.50. The van der Waals surface area contributed by atoms with Crippen molar-refractivity contribution < 1.29 is 32.6 Å². The molecule has 1 rings (SSSR count).